The number of nitrogens with zero attached hydrogens (tertiary/aromatic N) is 1. The van der Waals surface area contributed by atoms with Gasteiger partial charge in [-0.05, 0) is 39.7 Å². The molecule has 1 saturated heterocycles. The van der Waals surface area contributed by atoms with Crippen LogP contribution >= 0.6 is 0 Å². The summed E-state index contributed by atoms with van der Waals surface area (Å²) in [5.74, 6) is 0. The highest BCUT2D eigenvalue weighted by atomic mass is 16.3. The van der Waals surface area contributed by atoms with E-state index in [9.17, 15) is 5.11 Å². The van der Waals surface area contributed by atoms with Crippen LogP contribution in [0.2, 0.25) is 0 Å². The van der Waals surface area contributed by atoms with Crippen molar-refractivity contribution in [2.24, 2.45) is 5.73 Å². The highest BCUT2D eigenvalue weighted by Crippen LogP contribution is 2.18. The molecule has 0 aliphatic carbocycles. The molecule has 1 aliphatic rings. The number of piperidine rings is 1. The van der Waals surface area contributed by atoms with Crippen molar-refractivity contribution in [1.82, 2.24) is 4.90 Å². The largest absolute Gasteiger partial charge is 0.389 e. The number of hydrogen-bond donors (Lipinski definition) is 2. The third-order valence-corrected chi connectivity index (χ3v) is 3.32. The van der Waals surface area contributed by atoms with E-state index < -0.39 is 5.60 Å². The summed E-state index contributed by atoms with van der Waals surface area (Å²) in [7, 11) is 0. The highest BCUT2D eigenvalue weighted by molar-refractivity contribution is 4.79. The summed E-state index contributed by atoms with van der Waals surface area (Å²) in [6, 6.07) is 0.678. The monoisotopic (exact) mass is 200 g/mol. The van der Waals surface area contributed by atoms with Crippen LogP contribution in [0.3, 0.4) is 0 Å². The third-order valence-electron chi connectivity index (χ3n) is 3.32. The minimum atomic E-state index is -0.683. The van der Waals surface area contributed by atoms with Gasteiger partial charge in [0.15, 0.2) is 0 Å². The molecule has 1 rings (SSSR count). The van der Waals surface area contributed by atoms with Crippen LogP contribution in [0.1, 0.15) is 39.5 Å². The molecular formula is C11H24N2O. The minimum Gasteiger partial charge on any atom is -0.389 e. The molecular weight excluding hydrogens is 176 g/mol. The van der Waals surface area contributed by atoms with Crippen LogP contribution in [-0.2, 0) is 0 Å². The average Bonchev–Trinajstić information content (AvgIpc) is 2.17. The van der Waals surface area contributed by atoms with Gasteiger partial charge in [-0.3, -0.25) is 0 Å². The van der Waals surface area contributed by atoms with E-state index in [0.717, 1.165) is 13.0 Å². The molecule has 3 heteroatoms. The van der Waals surface area contributed by atoms with E-state index in [0.29, 0.717) is 12.6 Å². The lowest BCUT2D eigenvalue weighted by Gasteiger charge is -2.35. The molecule has 0 bridgehead atoms. The zero-order valence-electron chi connectivity index (χ0n) is 9.50. The normalized spacial score (nSPS) is 28.7. The number of rotatable bonds is 4. The first-order valence-electron chi connectivity index (χ1n) is 5.72. The van der Waals surface area contributed by atoms with Gasteiger partial charge in [-0.1, -0.05) is 6.42 Å². The fourth-order valence-electron chi connectivity index (χ4n) is 1.98. The third kappa shape index (κ3) is 3.56. The first-order valence-corrected chi connectivity index (χ1v) is 5.72. The Morgan fingerprint density at radius 3 is 2.79 bits per heavy atom. The second-order valence-electron chi connectivity index (χ2n) is 4.83. The molecule has 3 nitrogen and oxygen atoms in total. The molecule has 2 unspecified atom stereocenters. The summed E-state index contributed by atoms with van der Waals surface area (Å²) in [4.78, 5) is 2.47. The second kappa shape index (κ2) is 5.10. The van der Waals surface area contributed by atoms with Crippen LogP contribution in [0.15, 0.2) is 0 Å². The van der Waals surface area contributed by atoms with E-state index in [2.05, 4.69) is 11.8 Å². The van der Waals surface area contributed by atoms with Gasteiger partial charge in [-0.25, -0.2) is 0 Å². The summed E-state index contributed by atoms with van der Waals surface area (Å²) in [6.45, 7) is 6.61. The molecule has 0 spiro atoms. The molecule has 2 atom stereocenters. The zero-order valence-corrected chi connectivity index (χ0v) is 9.50. The van der Waals surface area contributed by atoms with Gasteiger partial charge in [0.2, 0.25) is 0 Å². The van der Waals surface area contributed by atoms with E-state index in [1.807, 2.05) is 6.92 Å². The molecule has 0 aromatic carbocycles. The van der Waals surface area contributed by atoms with Crippen molar-refractivity contribution in [3.05, 3.63) is 0 Å². The van der Waals surface area contributed by atoms with Gasteiger partial charge in [0, 0.05) is 19.1 Å². The molecule has 0 aromatic rings. The Morgan fingerprint density at radius 2 is 2.21 bits per heavy atom. The molecule has 1 aliphatic heterocycles. The van der Waals surface area contributed by atoms with Gasteiger partial charge in [-0.2, -0.15) is 0 Å². The summed E-state index contributed by atoms with van der Waals surface area (Å²) >= 11 is 0. The van der Waals surface area contributed by atoms with Crippen molar-refractivity contribution in [1.29, 1.82) is 0 Å². The number of hydrogen-bond acceptors (Lipinski definition) is 3. The van der Waals surface area contributed by atoms with Gasteiger partial charge in [0.25, 0.3) is 0 Å². The quantitative estimate of drug-likeness (QED) is 0.710. The van der Waals surface area contributed by atoms with Crippen LogP contribution in [0.5, 0.6) is 0 Å². The first kappa shape index (κ1) is 12.0. The summed E-state index contributed by atoms with van der Waals surface area (Å²) in [5.41, 5.74) is 4.80. The fourth-order valence-corrected chi connectivity index (χ4v) is 1.98. The van der Waals surface area contributed by atoms with Gasteiger partial charge >= 0.3 is 0 Å². The maximum Gasteiger partial charge on any atom is 0.0753 e. The minimum absolute atomic E-state index is 0.356. The van der Waals surface area contributed by atoms with Gasteiger partial charge in [0.1, 0.15) is 0 Å². The Kier molecular flexibility index (Phi) is 4.35. The molecule has 1 fully saturated rings. The molecule has 1 heterocycles. The lowest BCUT2D eigenvalue weighted by molar-refractivity contribution is 0.0378. The van der Waals surface area contributed by atoms with Crippen LogP contribution in [0, 0.1) is 0 Å². The standard InChI is InChI=1S/C11H24N2O/c1-10-5-3-4-7-13(10)8-6-11(2,14)9-12/h10,14H,3-9,12H2,1-2H3. The summed E-state index contributed by atoms with van der Waals surface area (Å²) < 4.78 is 0. The van der Waals surface area contributed by atoms with Gasteiger partial charge < -0.3 is 15.7 Å². The van der Waals surface area contributed by atoms with Crippen molar-refractivity contribution in [2.75, 3.05) is 19.6 Å². The molecule has 3 N–H and O–H groups in total. The smallest absolute Gasteiger partial charge is 0.0753 e. The van der Waals surface area contributed by atoms with Crippen LogP contribution in [0.25, 0.3) is 0 Å². The molecule has 0 saturated carbocycles. The van der Waals surface area contributed by atoms with E-state index in [1.165, 1.54) is 25.8 Å². The Bertz CT molecular complexity index is 171. The lowest BCUT2D eigenvalue weighted by Crippen LogP contribution is -2.43. The lowest BCUT2D eigenvalue weighted by atomic mass is 9.99. The predicted molar refractivity (Wildman–Crippen MR) is 59.2 cm³/mol. The number of nitrogens with two attached hydrogens (primary N) is 1. The molecule has 0 aromatic heterocycles. The maximum absolute atomic E-state index is 9.79. The Hall–Kier alpha value is -0.120. The zero-order chi connectivity index (χ0) is 10.6. The SMILES string of the molecule is CC1CCCCN1CCC(C)(O)CN. The van der Waals surface area contributed by atoms with E-state index in [4.69, 9.17) is 5.73 Å². The first-order chi connectivity index (χ1) is 6.55. The van der Waals surface area contributed by atoms with Crippen molar-refractivity contribution in [3.63, 3.8) is 0 Å². The molecule has 84 valence electrons. The highest BCUT2D eigenvalue weighted by Gasteiger charge is 2.23. The number of aliphatic hydroxyl groups is 1. The van der Waals surface area contributed by atoms with Crippen LogP contribution in [-0.4, -0.2) is 41.3 Å². The van der Waals surface area contributed by atoms with E-state index in [1.54, 1.807) is 0 Å². The van der Waals surface area contributed by atoms with Gasteiger partial charge in [0.05, 0.1) is 5.60 Å². The van der Waals surface area contributed by atoms with Crippen LogP contribution in [0.4, 0.5) is 0 Å². The van der Waals surface area contributed by atoms with Gasteiger partial charge in [-0.15, -0.1) is 0 Å². The molecule has 0 amide bonds. The van der Waals surface area contributed by atoms with Crippen molar-refractivity contribution >= 4 is 0 Å². The summed E-state index contributed by atoms with van der Waals surface area (Å²) in [6.07, 6.45) is 4.73. The maximum atomic E-state index is 9.79. The second-order valence-corrected chi connectivity index (χ2v) is 4.83. The van der Waals surface area contributed by atoms with Crippen LogP contribution < -0.4 is 5.73 Å². The average molecular weight is 200 g/mol. The van der Waals surface area contributed by atoms with Crippen molar-refractivity contribution in [3.8, 4) is 0 Å². The number of likely N-dealkylation sites (tertiary alicyclic amines) is 1. The topological polar surface area (TPSA) is 49.5 Å². The van der Waals surface area contributed by atoms with E-state index in [-0.39, 0.29) is 0 Å². The Balaban J connectivity index is 2.29. The Morgan fingerprint density at radius 1 is 1.50 bits per heavy atom. The summed E-state index contributed by atoms with van der Waals surface area (Å²) in [5, 5.41) is 9.79. The molecule has 14 heavy (non-hydrogen) atoms. The van der Waals surface area contributed by atoms with Crippen molar-refractivity contribution in [2.45, 2.75) is 51.2 Å². The molecule has 0 radical (unpaired) electrons. The predicted octanol–water partition coefficient (Wildman–Crippen LogP) is 0.961. The Labute approximate surface area is 87.3 Å². The van der Waals surface area contributed by atoms with Crippen molar-refractivity contribution < 1.29 is 5.11 Å². The van der Waals surface area contributed by atoms with E-state index >= 15 is 0 Å². The fraction of sp³-hybridized carbons (Fsp3) is 1.00.